The van der Waals surface area contributed by atoms with E-state index in [9.17, 15) is 9.59 Å². The minimum Gasteiger partial charge on any atom is -0.341 e. The Hall–Kier alpha value is -1.30. The number of quaternary nitrogens is 1. The third-order valence-electron chi connectivity index (χ3n) is 3.39. The smallest absolute Gasteiger partial charge is 0.279 e. The highest BCUT2D eigenvalue weighted by atomic mass is 35.5. The molecular weight excluding hydrogens is 337 g/mol. The van der Waals surface area contributed by atoms with Gasteiger partial charge in [0.1, 0.15) is 0 Å². The van der Waals surface area contributed by atoms with Crippen molar-refractivity contribution in [3.05, 3.63) is 28.2 Å². The van der Waals surface area contributed by atoms with Crippen LogP contribution in [0.4, 0.5) is 5.69 Å². The SMILES string of the molecule is CCCCN(C)C(=O)C[NH+](C)CC(=O)Nc1ccc(Cl)c(Cl)c1. The van der Waals surface area contributed by atoms with Gasteiger partial charge in [-0.05, 0) is 24.6 Å². The first-order valence-corrected chi connectivity index (χ1v) is 8.39. The number of hydrogen-bond donors (Lipinski definition) is 2. The number of halogens is 2. The molecule has 0 saturated carbocycles. The lowest BCUT2D eigenvalue weighted by Gasteiger charge is -2.19. The number of nitrogens with zero attached hydrogens (tertiary/aromatic N) is 1. The first-order chi connectivity index (χ1) is 10.8. The topological polar surface area (TPSA) is 53.9 Å². The molecule has 0 saturated heterocycles. The van der Waals surface area contributed by atoms with Crippen molar-refractivity contribution in [2.45, 2.75) is 19.8 Å². The summed E-state index contributed by atoms with van der Waals surface area (Å²) in [5.41, 5.74) is 0.587. The van der Waals surface area contributed by atoms with Crippen LogP contribution in [0.3, 0.4) is 0 Å². The minimum absolute atomic E-state index is 0.0401. The predicted octanol–water partition coefficient (Wildman–Crippen LogP) is 1.71. The maximum atomic E-state index is 12.0. The molecule has 0 radical (unpaired) electrons. The Morgan fingerprint density at radius 2 is 1.91 bits per heavy atom. The number of rotatable bonds is 8. The summed E-state index contributed by atoms with van der Waals surface area (Å²) in [6, 6.07) is 4.91. The molecule has 0 heterocycles. The molecule has 1 aromatic rings. The first kappa shape index (κ1) is 19.7. The molecule has 128 valence electrons. The van der Waals surface area contributed by atoms with E-state index in [-0.39, 0.29) is 24.9 Å². The number of nitrogens with one attached hydrogen (secondary N) is 2. The van der Waals surface area contributed by atoms with Crippen LogP contribution in [0.15, 0.2) is 18.2 Å². The van der Waals surface area contributed by atoms with Crippen molar-refractivity contribution in [3.8, 4) is 0 Å². The summed E-state index contributed by atoms with van der Waals surface area (Å²) >= 11 is 11.7. The summed E-state index contributed by atoms with van der Waals surface area (Å²) in [6.07, 6.45) is 2.03. The van der Waals surface area contributed by atoms with Crippen LogP contribution in [0, 0.1) is 0 Å². The summed E-state index contributed by atoms with van der Waals surface area (Å²) in [5.74, 6) is -0.136. The molecule has 1 rings (SSSR count). The number of likely N-dealkylation sites (N-methyl/N-ethyl adjacent to an activating group) is 2. The average molecular weight is 361 g/mol. The number of hydrogen-bond acceptors (Lipinski definition) is 2. The van der Waals surface area contributed by atoms with Gasteiger partial charge in [-0.15, -0.1) is 0 Å². The summed E-state index contributed by atoms with van der Waals surface area (Å²) in [7, 11) is 3.61. The molecule has 1 atom stereocenters. The van der Waals surface area contributed by atoms with Crippen LogP contribution in [-0.4, -0.2) is 50.4 Å². The van der Waals surface area contributed by atoms with E-state index < -0.39 is 0 Å². The van der Waals surface area contributed by atoms with Gasteiger partial charge in [-0.2, -0.15) is 0 Å². The van der Waals surface area contributed by atoms with Gasteiger partial charge in [-0.1, -0.05) is 36.5 Å². The second-order valence-electron chi connectivity index (χ2n) is 5.66. The summed E-state index contributed by atoms with van der Waals surface area (Å²) < 4.78 is 0. The van der Waals surface area contributed by atoms with E-state index in [4.69, 9.17) is 23.2 Å². The van der Waals surface area contributed by atoms with Crippen molar-refractivity contribution in [1.29, 1.82) is 0 Å². The number of anilines is 1. The molecule has 0 aliphatic heterocycles. The van der Waals surface area contributed by atoms with Crippen LogP contribution in [-0.2, 0) is 9.59 Å². The summed E-state index contributed by atoms with van der Waals surface area (Å²) in [5, 5.41) is 3.57. The number of carbonyl (C=O) groups excluding carboxylic acids is 2. The van der Waals surface area contributed by atoms with Crippen molar-refractivity contribution in [2.24, 2.45) is 0 Å². The van der Waals surface area contributed by atoms with E-state index in [0.717, 1.165) is 24.3 Å². The molecule has 0 aromatic heterocycles. The quantitative estimate of drug-likeness (QED) is 0.741. The molecule has 0 bridgehead atoms. The summed E-state index contributed by atoms with van der Waals surface area (Å²) in [6.45, 7) is 3.32. The molecule has 7 heteroatoms. The molecule has 5 nitrogen and oxygen atoms in total. The fraction of sp³-hybridized carbons (Fsp3) is 0.500. The Bertz CT molecular complexity index is 552. The molecule has 1 unspecified atom stereocenters. The molecule has 0 aliphatic carbocycles. The van der Waals surface area contributed by atoms with Gasteiger partial charge in [-0.25, -0.2) is 0 Å². The third-order valence-corrected chi connectivity index (χ3v) is 4.13. The van der Waals surface area contributed by atoms with Crippen LogP contribution in [0.1, 0.15) is 19.8 Å². The number of benzene rings is 1. The Kier molecular flexibility index (Phi) is 8.37. The van der Waals surface area contributed by atoms with Gasteiger partial charge in [0, 0.05) is 19.3 Å². The van der Waals surface area contributed by atoms with Gasteiger partial charge in [-0.3, -0.25) is 9.59 Å². The van der Waals surface area contributed by atoms with Crippen molar-refractivity contribution in [3.63, 3.8) is 0 Å². The van der Waals surface area contributed by atoms with Gasteiger partial charge in [0.15, 0.2) is 13.1 Å². The molecule has 2 amide bonds. The average Bonchev–Trinajstić information content (AvgIpc) is 2.48. The van der Waals surface area contributed by atoms with E-state index in [2.05, 4.69) is 12.2 Å². The van der Waals surface area contributed by atoms with Gasteiger partial charge < -0.3 is 15.1 Å². The van der Waals surface area contributed by atoms with E-state index in [1.165, 1.54) is 0 Å². The zero-order valence-corrected chi connectivity index (χ0v) is 15.3. The van der Waals surface area contributed by atoms with Gasteiger partial charge in [0.25, 0.3) is 11.8 Å². The van der Waals surface area contributed by atoms with Crippen molar-refractivity contribution in [1.82, 2.24) is 4.90 Å². The normalized spacial score (nSPS) is 11.9. The highest BCUT2D eigenvalue weighted by molar-refractivity contribution is 6.42. The van der Waals surface area contributed by atoms with Crippen molar-refractivity contribution < 1.29 is 14.5 Å². The molecule has 2 N–H and O–H groups in total. The van der Waals surface area contributed by atoms with Crippen LogP contribution in [0.25, 0.3) is 0 Å². The van der Waals surface area contributed by atoms with E-state index in [1.54, 1.807) is 30.1 Å². The van der Waals surface area contributed by atoms with E-state index >= 15 is 0 Å². The standard InChI is InChI=1S/C16H23Cl2N3O2/c1-4-5-8-21(3)16(23)11-20(2)10-15(22)19-12-6-7-13(17)14(18)9-12/h6-7,9H,4-5,8,10-11H2,1-3H3,(H,19,22)/p+1. The zero-order valence-electron chi connectivity index (χ0n) is 13.8. The maximum Gasteiger partial charge on any atom is 0.279 e. The van der Waals surface area contributed by atoms with E-state index in [0.29, 0.717) is 15.7 Å². The molecule has 0 fully saturated rings. The van der Waals surface area contributed by atoms with Crippen molar-refractivity contribution >= 4 is 40.7 Å². The zero-order chi connectivity index (χ0) is 17.4. The number of unbranched alkanes of at least 4 members (excludes halogenated alkanes) is 1. The summed E-state index contributed by atoms with van der Waals surface area (Å²) in [4.78, 5) is 26.6. The molecule has 0 spiro atoms. The Morgan fingerprint density at radius 1 is 1.22 bits per heavy atom. The second kappa shape index (κ2) is 9.75. The maximum absolute atomic E-state index is 12.0. The lowest BCUT2D eigenvalue weighted by atomic mass is 10.3. The largest absolute Gasteiger partial charge is 0.341 e. The van der Waals surface area contributed by atoms with Crippen LogP contribution >= 0.6 is 23.2 Å². The highest BCUT2D eigenvalue weighted by Gasteiger charge is 2.17. The van der Waals surface area contributed by atoms with Crippen LogP contribution in [0.5, 0.6) is 0 Å². The Morgan fingerprint density at radius 3 is 2.52 bits per heavy atom. The van der Waals surface area contributed by atoms with Gasteiger partial charge in [0.05, 0.1) is 17.1 Å². The minimum atomic E-state index is -0.176. The highest BCUT2D eigenvalue weighted by Crippen LogP contribution is 2.24. The number of carbonyl (C=O) groups is 2. The van der Waals surface area contributed by atoms with E-state index in [1.807, 2.05) is 7.05 Å². The lowest BCUT2D eigenvalue weighted by molar-refractivity contribution is -0.862. The molecular formula is C16H24Cl2N3O2+. The second-order valence-corrected chi connectivity index (χ2v) is 6.47. The monoisotopic (exact) mass is 360 g/mol. The lowest BCUT2D eigenvalue weighted by Crippen LogP contribution is -3.11. The van der Waals surface area contributed by atoms with Crippen LogP contribution in [0.2, 0.25) is 10.0 Å². The van der Waals surface area contributed by atoms with Gasteiger partial charge >= 0.3 is 0 Å². The van der Waals surface area contributed by atoms with Crippen molar-refractivity contribution in [2.75, 3.05) is 39.0 Å². The third kappa shape index (κ3) is 7.20. The number of amides is 2. The Labute approximate surface area is 147 Å². The molecule has 23 heavy (non-hydrogen) atoms. The molecule has 0 aliphatic rings. The van der Waals surface area contributed by atoms with Crippen LogP contribution < -0.4 is 10.2 Å². The fourth-order valence-corrected chi connectivity index (χ4v) is 2.33. The Balaban J connectivity index is 2.43. The first-order valence-electron chi connectivity index (χ1n) is 7.63. The molecule has 1 aromatic carbocycles. The van der Waals surface area contributed by atoms with Gasteiger partial charge in [0.2, 0.25) is 0 Å². The predicted molar refractivity (Wildman–Crippen MR) is 94.3 cm³/mol. The fourth-order valence-electron chi connectivity index (χ4n) is 2.03.